The van der Waals surface area contributed by atoms with Crippen LogP contribution >= 0.6 is 0 Å². The minimum atomic E-state index is 0.196. The minimum absolute atomic E-state index is 0.196. The van der Waals surface area contributed by atoms with Crippen molar-refractivity contribution in [3.05, 3.63) is 42.4 Å². The second-order valence-corrected chi connectivity index (χ2v) is 6.10. The van der Waals surface area contributed by atoms with Crippen molar-refractivity contribution in [1.29, 1.82) is 0 Å². The Morgan fingerprint density at radius 1 is 1.32 bits per heavy atom. The third-order valence-corrected chi connectivity index (χ3v) is 4.39. The fourth-order valence-corrected chi connectivity index (χ4v) is 3.06. The second-order valence-electron chi connectivity index (χ2n) is 6.10. The van der Waals surface area contributed by atoms with E-state index < -0.39 is 0 Å². The zero-order valence-electron chi connectivity index (χ0n) is 14.6. The van der Waals surface area contributed by atoms with E-state index >= 15 is 0 Å². The maximum atomic E-state index is 12.0. The van der Waals surface area contributed by atoms with Gasteiger partial charge in [0.2, 0.25) is 11.8 Å². The van der Waals surface area contributed by atoms with Gasteiger partial charge in [0.1, 0.15) is 11.5 Å². The molecule has 1 amide bonds. The van der Waals surface area contributed by atoms with Gasteiger partial charge in [0, 0.05) is 37.7 Å². The molecule has 6 nitrogen and oxygen atoms in total. The molecule has 1 aromatic carbocycles. The first-order valence-corrected chi connectivity index (χ1v) is 8.61. The number of carbonyl (C=O) groups is 1. The predicted molar refractivity (Wildman–Crippen MR) is 93.9 cm³/mol. The van der Waals surface area contributed by atoms with E-state index in [4.69, 9.17) is 9.47 Å². The van der Waals surface area contributed by atoms with Crippen LogP contribution in [0.4, 0.5) is 0 Å². The van der Waals surface area contributed by atoms with Gasteiger partial charge in [-0.3, -0.25) is 9.78 Å². The number of methoxy groups -OCH3 is 1. The van der Waals surface area contributed by atoms with Crippen LogP contribution in [-0.4, -0.2) is 41.0 Å². The molecule has 0 aliphatic carbocycles. The molecule has 0 spiro atoms. The van der Waals surface area contributed by atoms with E-state index in [1.54, 1.807) is 25.6 Å². The minimum Gasteiger partial charge on any atom is -0.497 e. The largest absolute Gasteiger partial charge is 0.497 e. The number of rotatable bonds is 5. The van der Waals surface area contributed by atoms with Gasteiger partial charge in [0.25, 0.3) is 0 Å². The monoisotopic (exact) mass is 341 g/mol. The van der Waals surface area contributed by atoms with Gasteiger partial charge < -0.3 is 14.4 Å². The fraction of sp³-hybridized carbons (Fsp3) is 0.421. The maximum absolute atomic E-state index is 12.0. The summed E-state index contributed by atoms with van der Waals surface area (Å²) in [5, 5.41) is 0. The van der Waals surface area contributed by atoms with Crippen LogP contribution in [0.5, 0.6) is 17.4 Å². The number of hydrogen-bond donors (Lipinski definition) is 0. The van der Waals surface area contributed by atoms with Crippen LogP contribution < -0.4 is 9.47 Å². The molecule has 2 aromatic rings. The van der Waals surface area contributed by atoms with E-state index in [0.29, 0.717) is 24.6 Å². The van der Waals surface area contributed by atoms with Crippen molar-refractivity contribution >= 4 is 5.91 Å². The number of amides is 1. The standard InChI is InChI=1S/C19H23N3O3/c1-3-19(23)22-9-5-6-14(13-22)17-11-20-12-18(21-17)25-16-8-4-7-15(10-16)24-2/h4,7-8,10-12,14H,3,5-6,9,13H2,1-2H3. The molecule has 1 saturated heterocycles. The molecule has 25 heavy (non-hydrogen) atoms. The van der Waals surface area contributed by atoms with Gasteiger partial charge in [-0.15, -0.1) is 0 Å². The summed E-state index contributed by atoms with van der Waals surface area (Å²) in [4.78, 5) is 22.8. The molecule has 1 atom stereocenters. The summed E-state index contributed by atoms with van der Waals surface area (Å²) in [7, 11) is 1.62. The summed E-state index contributed by atoms with van der Waals surface area (Å²) in [5.41, 5.74) is 0.869. The molecule has 0 N–H and O–H groups in total. The SMILES string of the molecule is CCC(=O)N1CCCC(c2cncc(Oc3cccc(OC)c3)n2)C1. The van der Waals surface area contributed by atoms with E-state index in [9.17, 15) is 4.79 Å². The Bertz CT molecular complexity index is 735. The lowest BCUT2D eigenvalue weighted by molar-refractivity contribution is -0.132. The van der Waals surface area contributed by atoms with Crippen molar-refractivity contribution in [2.24, 2.45) is 0 Å². The average molecular weight is 341 g/mol. The van der Waals surface area contributed by atoms with E-state index in [-0.39, 0.29) is 11.8 Å². The average Bonchev–Trinajstić information content (AvgIpc) is 2.68. The van der Waals surface area contributed by atoms with Crippen molar-refractivity contribution < 1.29 is 14.3 Å². The van der Waals surface area contributed by atoms with Gasteiger partial charge in [0.15, 0.2) is 0 Å². The van der Waals surface area contributed by atoms with Crippen molar-refractivity contribution in [1.82, 2.24) is 14.9 Å². The van der Waals surface area contributed by atoms with Gasteiger partial charge >= 0.3 is 0 Å². The number of carbonyl (C=O) groups excluding carboxylic acids is 1. The van der Waals surface area contributed by atoms with E-state index in [1.165, 1.54) is 0 Å². The highest BCUT2D eigenvalue weighted by Crippen LogP contribution is 2.28. The molecule has 6 heteroatoms. The highest BCUT2D eigenvalue weighted by atomic mass is 16.5. The molecule has 3 rings (SSSR count). The molecule has 1 aliphatic heterocycles. The Labute approximate surface area is 147 Å². The molecular weight excluding hydrogens is 318 g/mol. The van der Waals surface area contributed by atoms with Crippen LogP contribution in [0.3, 0.4) is 0 Å². The molecule has 1 aromatic heterocycles. The predicted octanol–water partition coefficient (Wildman–Crippen LogP) is 3.39. The van der Waals surface area contributed by atoms with E-state index in [1.807, 2.05) is 30.0 Å². The van der Waals surface area contributed by atoms with Crippen LogP contribution in [0.2, 0.25) is 0 Å². The van der Waals surface area contributed by atoms with Crippen LogP contribution in [0.25, 0.3) is 0 Å². The summed E-state index contributed by atoms with van der Waals surface area (Å²) in [6.45, 7) is 3.43. The molecule has 1 unspecified atom stereocenters. The van der Waals surface area contributed by atoms with Crippen molar-refractivity contribution in [2.75, 3.05) is 20.2 Å². The highest BCUT2D eigenvalue weighted by Gasteiger charge is 2.25. The number of benzene rings is 1. The molecule has 0 bridgehead atoms. The van der Waals surface area contributed by atoms with E-state index in [2.05, 4.69) is 9.97 Å². The third-order valence-electron chi connectivity index (χ3n) is 4.39. The zero-order valence-corrected chi connectivity index (χ0v) is 14.6. The smallest absolute Gasteiger partial charge is 0.238 e. The van der Waals surface area contributed by atoms with Crippen molar-refractivity contribution in [2.45, 2.75) is 32.1 Å². The molecule has 132 valence electrons. The molecule has 1 aliphatic rings. The van der Waals surface area contributed by atoms with Crippen LogP contribution in [0, 0.1) is 0 Å². The third kappa shape index (κ3) is 4.26. The number of aromatic nitrogens is 2. The Kier molecular flexibility index (Phi) is 5.48. The van der Waals surface area contributed by atoms with Crippen LogP contribution in [0.1, 0.15) is 37.8 Å². The van der Waals surface area contributed by atoms with Gasteiger partial charge in [-0.05, 0) is 25.0 Å². The van der Waals surface area contributed by atoms with Crippen LogP contribution in [0.15, 0.2) is 36.7 Å². The Morgan fingerprint density at radius 3 is 2.96 bits per heavy atom. The molecular formula is C19H23N3O3. The van der Waals surface area contributed by atoms with Gasteiger partial charge in [-0.25, -0.2) is 4.98 Å². The summed E-state index contributed by atoms with van der Waals surface area (Å²) in [6.07, 6.45) is 5.89. The summed E-state index contributed by atoms with van der Waals surface area (Å²) in [6, 6.07) is 7.37. The van der Waals surface area contributed by atoms with Crippen molar-refractivity contribution in [3.8, 4) is 17.4 Å². The lowest BCUT2D eigenvalue weighted by Crippen LogP contribution is -2.38. The summed E-state index contributed by atoms with van der Waals surface area (Å²) in [5.74, 6) is 2.22. The number of likely N-dealkylation sites (tertiary alicyclic amines) is 1. The fourth-order valence-electron chi connectivity index (χ4n) is 3.06. The zero-order chi connectivity index (χ0) is 17.6. The molecule has 0 radical (unpaired) electrons. The first-order valence-electron chi connectivity index (χ1n) is 8.61. The molecule has 1 fully saturated rings. The van der Waals surface area contributed by atoms with Gasteiger partial charge in [-0.1, -0.05) is 13.0 Å². The maximum Gasteiger partial charge on any atom is 0.238 e. The normalized spacial score (nSPS) is 17.2. The van der Waals surface area contributed by atoms with Crippen LogP contribution in [-0.2, 0) is 4.79 Å². The Balaban J connectivity index is 1.73. The van der Waals surface area contributed by atoms with Gasteiger partial charge in [-0.2, -0.15) is 0 Å². The lowest BCUT2D eigenvalue weighted by atomic mass is 9.95. The molecule has 0 saturated carbocycles. The topological polar surface area (TPSA) is 64.6 Å². The first kappa shape index (κ1) is 17.2. The first-order chi connectivity index (χ1) is 12.2. The Morgan fingerprint density at radius 2 is 2.16 bits per heavy atom. The lowest BCUT2D eigenvalue weighted by Gasteiger charge is -2.32. The Hall–Kier alpha value is -2.63. The van der Waals surface area contributed by atoms with Gasteiger partial charge in [0.05, 0.1) is 19.0 Å². The number of nitrogens with zero attached hydrogens (tertiary/aromatic N) is 3. The van der Waals surface area contributed by atoms with E-state index in [0.717, 1.165) is 30.8 Å². The molecule has 2 heterocycles. The summed E-state index contributed by atoms with van der Waals surface area (Å²) < 4.78 is 11.0. The number of ether oxygens (including phenoxy) is 2. The number of hydrogen-bond acceptors (Lipinski definition) is 5. The highest BCUT2D eigenvalue weighted by molar-refractivity contribution is 5.76. The second kappa shape index (κ2) is 7.96. The quantitative estimate of drug-likeness (QED) is 0.834. The number of piperidine rings is 1. The van der Waals surface area contributed by atoms with Crippen molar-refractivity contribution in [3.63, 3.8) is 0 Å². The summed E-state index contributed by atoms with van der Waals surface area (Å²) >= 11 is 0.